The van der Waals surface area contributed by atoms with Crippen LogP contribution < -0.4 is 10.5 Å². The standard InChI is InChI=1S/C10H9F6N3O/c11-9(12,13)8(10(14,15)16)20-6-3-5(17)18-7(19-6)4-1-2-4/h3-4,8H,1-2H2,(H2,17,18,19). The zero-order valence-electron chi connectivity index (χ0n) is 9.79. The van der Waals surface area contributed by atoms with Gasteiger partial charge in [0.15, 0.2) is 0 Å². The zero-order valence-corrected chi connectivity index (χ0v) is 9.79. The lowest BCUT2D eigenvalue weighted by Gasteiger charge is -2.23. The molecule has 2 rings (SSSR count). The van der Waals surface area contributed by atoms with E-state index in [2.05, 4.69) is 14.7 Å². The topological polar surface area (TPSA) is 61.0 Å². The van der Waals surface area contributed by atoms with Crippen LogP contribution in [0, 0.1) is 0 Å². The zero-order chi connectivity index (χ0) is 15.1. The number of alkyl halides is 6. The van der Waals surface area contributed by atoms with E-state index >= 15 is 0 Å². The molecule has 20 heavy (non-hydrogen) atoms. The van der Waals surface area contributed by atoms with Gasteiger partial charge in [-0.3, -0.25) is 0 Å². The molecule has 0 amide bonds. The molecule has 0 aliphatic heterocycles. The van der Waals surface area contributed by atoms with Crippen LogP contribution in [0.3, 0.4) is 0 Å². The number of nitrogens with zero attached hydrogens (tertiary/aromatic N) is 2. The lowest BCUT2D eigenvalue weighted by atomic mass is 10.3. The molecule has 1 heterocycles. The van der Waals surface area contributed by atoms with E-state index in [1.54, 1.807) is 0 Å². The predicted octanol–water partition coefficient (Wildman–Crippen LogP) is 2.81. The van der Waals surface area contributed by atoms with Crippen molar-refractivity contribution in [1.82, 2.24) is 9.97 Å². The van der Waals surface area contributed by atoms with Crippen LogP contribution in [-0.2, 0) is 0 Å². The van der Waals surface area contributed by atoms with E-state index in [4.69, 9.17) is 5.73 Å². The molecule has 0 spiro atoms. The van der Waals surface area contributed by atoms with Gasteiger partial charge in [-0.25, -0.2) is 4.98 Å². The number of rotatable bonds is 3. The van der Waals surface area contributed by atoms with Gasteiger partial charge in [0.25, 0.3) is 6.10 Å². The molecular formula is C10H9F6N3O. The Hall–Kier alpha value is -1.74. The second-order valence-corrected chi connectivity index (χ2v) is 4.34. The molecule has 0 aromatic carbocycles. The van der Waals surface area contributed by atoms with Crippen LogP contribution in [0.2, 0.25) is 0 Å². The summed E-state index contributed by atoms with van der Waals surface area (Å²) in [4.78, 5) is 7.30. The Kier molecular flexibility index (Phi) is 3.42. The number of nitrogen functional groups attached to an aromatic ring is 1. The van der Waals surface area contributed by atoms with E-state index in [-0.39, 0.29) is 17.6 Å². The van der Waals surface area contributed by atoms with Crippen molar-refractivity contribution in [3.05, 3.63) is 11.9 Å². The summed E-state index contributed by atoms with van der Waals surface area (Å²) in [6.45, 7) is 0. The maximum atomic E-state index is 12.4. The fraction of sp³-hybridized carbons (Fsp3) is 0.600. The van der Waals surface area contributed by atoms with Crippen LogP contribution in [-0.4, -0.2) is 28.4 Å². The Bertz CT molecular complexity index is 483. The number of anilines is 1. The van der Waals surface area contributed by atoms with Crippen molar-refractivity contribution in [2.75, 3.05) is 5.73 Å². The third kappa shape index (κ3) is 3.42. The van der Waals surface area contributed by atoms with Gasteiger partial charge in [0.2, 0.25) is 5.88 Å². The van der Waals surface area contributed by atoms with Crippen LogP contribution in [0.4, 0.5) is 32.2 Å². The van der Waals surface area contributed by atoms with Crippen LogP contribution in [0.15, 0.2) is 6.07 Å². The minimum absolute atomic E-state index is 0.0870. The first kappa shape index (κ1) is 14.7. The van der Waals surface area contributed by atoms with Crippen molar-refractivity contribution in [1.29, 1.82) is 0 Å². The largest absolute Gasteiger partial charge is 0.455 e. The molecule has 0 unspecified atom stereocenters. The third-order valence-electron chi connectivity index (χ3n) is 2.52. The number of aromatic nitrogens is 2. The van der Waals surface area contributed by atoms with E-state index in [9.17, 15) is 26.3 Å². The van der Waals surface area contributed by atoms with Crippen LogP contribution in [0.1, 0.15) is 24.6 Å². The Labute approximate surface area is 109 Å². The number of hydrogen-bond donors (Lipinski definition) is 1. The lowest BCUT2D eigenvalue weighted by Crippen LogP contribution is -2.46. The fourth-order valence-corrected chi connectivity index (χ4v) is 1.49. The number of halogens is 6. The molecule has 1 saturated carbocycles. The van der Waals surface area contributed by atoms with Crippen molar-refractivity contribution in [3.8, 4) is 5.88 Å². The maximum absolute atomic E-state index is 12.4. The molecule has 0 bridgehead atoms. The first-order valence-corrected chi connectivity index (χ1v) is 5.52. The fourth-order valence-electron chi connectivity index (χ4n) is 1.49. The Morgan fingerprint density at radius 3 is 2.10 bits per heavy atom. The normalized spacial score (nSPS) is 16.6. The molecule has 1 aromatic heterocycles. The minimum Gasteiger partial charge on any atom is -0.455 e. The maximum Gasteiger partial charge on any atom is 0.434 e. The van der Waals surface area contributed by atoms with E-state index in [1.807, 2.05) is 0 Å². The van der Waals surface area contributed by atoms with E-state index in [1.165, 1.54) is 0 Å². The SMILES string of the molecule is Nc1cc(OC(C(F)(F)F)C(F)(F)F)nc(C2CC2)n1. The summed E-state index contributed by atoms with van der Waals surface area (Å²) in [7, 11) is 0. The second kappa shape index (κ2) is 4.67. The molecule has 112 valence electrons. The first-order chi connectivity index (χ1) is 9.07. The molecule has 10 heteroatoms. The van der Waals surface area contributed by atoms with E-state index in [0.29, 0.717) is 12.8 Å². The average molecular weight is 301 g/mol. The molecule has 1 aliphatic carbocycles. The third-order valence-corrected chi connectivity index (χ3v) is 2.52. The highest BCUT2D eigenvalue weighted by atomic mass is 19.4. The summed E-state index contributed by atoms with van der Waals surface area (Å²) in [6, 6.07) is 0.732. The van der Waals surface area contributed by atoms with Crippen molar-refractivity contribution < 1.29 is 31.1 Å². The number of hydrogen-bond acceptors (Lipinski definition) is 4. The van der Waals surface area contributed by atoms with E-state index < -0.39 is 24.3 Å². The molecule has 0 atom stereocenters. The first-order valence-electron chi connectivity index (χ1n) is 5.52. The average Bonchev–Trinajstić information content (AvgIpc) is 3.05. The molecule has 4 nitrogen and oxygen atoms in total. The van der Waals surface area contributed by atoms with E-state index in [0.717, 1.165) is 6.07 Å². The quantitative estimate of drug-likeness (QED) is 0.872. The predicted molar refractivity (Wildman–Crippen MR) is 54.9 cm³/mol. The monoisotopic (exact) mass is 301 g/mol. The van der Waals surface area contributed by atoms with Crippen LogP contribution >= 0.6 is 0 Å². The lowest BCUT2D eigenvalue weighted by molar-refractivity contribution is -0.300. The molecule has 0 radical (unpaired) electrons. The number of ether oxygens (including phenoxy) is 1. The van der Waals surface area contributed by atoms with Crippen molar-refractivity contribution in [2.24, 2.45) is 0 Å². The van der Waals surface area contributed by atoms with Crippen molar-refractivity contribution in [2.45, 2.75) is 37.2 Å². The van der Waals surface area contributed by atoms with Gasteiger partial charge >= 0.3 is 12.4 Å². The van der Waals surface area contributed by atoms with Gasteiger partial charge in [0.05, 0.1) is 0 Å². The summed E-state index contributed by atoms with van der Waals surface area (Å²) in [5.41, 5.74) is 5.33. The summed E-state index contributed by atoms with van der Waals surface area (Å²) < 4.78 is 78.1. The summed E-state index contributed by atoms with van der Waals surface area (Å²) in [5, 5.41) is 0. The van der Waals surface area contributed by atoms with Gasteiger partial charge < -0.3 is 10.5 Å². The molecule has 1 aliphatic rings. The molecule has 1 fully saturated rings. The summed E-state index contributed by atoms with van der Waals surface area (Å²) in [5.74, 6) is -1.06. The minimum atomic E-state index is -5.60. The number of nitrogens with two attached hydrogens (primary N) is 1. The second-order valence-electron chi connectivity index (χ2n) is 4.34. The van der Waals surface area contributed by atoms with Crippen LogP contribution in [0.25, 0.3) is 0 Å². The van der Waals surface area contributed by atoms with Gasteiger partial charge in [0, 0.05) is 12.0 Å². The Balaban J connectivity index is 2.26. The van der Waals surface area contributed by atoms with Gasteiger partial charge in [-0.15, -0.1) is 0 Å². The highest BCUT2D eigenvalue weighted by Gasteiger charge is 2.59. The van der Waals surface area contributed by atoms with Crippen molar-refractivity contribution in [3.63, 3.8) is 0 Å². The molecule has 0 saturated heterocycles. The smallest absolute Gasteiger partial charge is 0.434 e. The Morgan fingerprint density at radius 1 is 1.10 bits per heavy atom. The Morgan fingerprint density at radius 2 is 1.65 bits per heavy atom. The molecular weight excluding hydrogens is 292 g/mol. The summed E-state index contributed by atoms with van der Waals surface area (Å²) >= 11 is 0. The molecule has 1 aromatic rings. The van der Waals surface area contributed by atoms with Gasteiger partial charge in [-0.05, 0) is 12.8 Å². The van der Waals surface area contributed by atoms with Gasteiger partial charge in [-0.1, -0.05) is 0 Å². The highest BCUT2D eigenvalue weighted by Crippen LogP contribution is 2.40. The highest BCUT2D eigenvalue weighted by molar-refractivity contribution is 5.34. The van der Waals surface area contributed by atoms with Gasteiger partial charge in [-0.2, -0.15) is 31.3 Å². The van der Waals surface area contributed by atoms with Crippen molar-refractivity contribution >= 4 is 5.82 Å². The molecule has 2 N–H and O–H groups in total. The summed E-state index contributed by atoms with van der Waals surface area (Å²) in [6.07, 6.45) is -13.7. The van der Waals surface area contributed by atoms with Crippen LogP contribution in [0.5, 0.6) is 5.88 Å². The van der Waals surface area contributed by atoms with Gasteiger partial charge in [0.1, 0.15) is 11.6 Å².